The molecular formula is C21H24ClN5O3S. The molecule has 0 unspecified atom stereocenters. The second-order valence-corrected chi connectivity index (χ2v) is 9.87. The Balaban J connectivity index is 1.57. The van der Waals surface area contributed by atoms with Gasteiger partial charge in [-0.25, -0.2) is 18.1 Å². The molecule has 8 nitrogen and oxygen atoms in total. The summed E-state index contributed by atoms with van der Waals surface area (Å²) in [5, 5.41) is 9.24. The highest BCUT2D eigenvalue weighted by Crippen LogP contribution is 2.35. The molecule has 3 aromatic rings. The molecule has 2 aromatic heterocycles. The van der Waals surface area contributed by atoms with Crippen LogP contribution >= 0.6 is 11.6 Å². The second kappa shape index (κ2) is 9.33. The molecule has 0 atom stereocenters. The molecule has 0 aliphatic heterocycles. The van der Waals surface area contributed by atoms with Crippen LogP contribution in [0.2, 0.25) is 5.02 Å². The van der Waals surface area contributed by atoms with Crippen LogP contribution in [0.1, 0.15) is 43.3 Å². The number of sulfonamides is 1. The molecule has 0 saturated heterocycles. The quantitative estimate of drug-likeness (QED) is 0.578. The van der Waals surface area contributed by atoms with Crippen LogP contribution in [0, 0.1) is 0 Å². The van der Waals surface area contributed by atoms with Crippen LogP contribution in [0.25, 0.3) is 5.69 Å². The molecule has 31 heavy (non-hydrogen) atoms. The first-order chi connectivity index (χ1) is 14.9. The number of rotatable bonds is 7. The summed E-state index contributed by atoms with van der Waals surface area (Å²) < 4.78 is 34.5. The van der Waals surface area contributed by atoms with E-state index in [0.717, 1.165) is 37.2 Å². The van der Waals surface area contributed by atoms with Crippen LogP contribution in [0.15, 0.2) is 48.7 Å². The van der Waals surface area contributed by atoms with E-state index in [9.17, 15) is 8.42 Å². The summed E-state index contributed by atoms with van der Waals surface area (Å²) >= 11 is 6.05. The zero-order chi connectivity index (χ0) is 21.8. The lowest BCUT2D eigenvalue weighted by atomic mass is 9.86. The molecule has 1 fully saturated rings. The molecule has 0 radical (unpaired) electrons. The number of hydrogen-bond acceptors (Lipinski definition) is 6. The van der Waals surface area contributed by atoms with Crippen LogP contribution in [0.4, 0.5) is 0 Å². The first-order valence-corrected chi connectivity index (χ1v) is 12.2. The average Bonchev–Trinajstić information content (AvgIpc) is 3.18. The second-order valence-electron chi connectivity index (χ2n) is 7.51. The van der Waals surface area contributed by atoms with Gasteiger partial charge in [-0.05, 0) is 63.1 Å². The third kappa shape index (κ3) is 5.23. The lowest BCUT2D eigenvalue weighted by Gasteiger charge is -2.28. The number of benzene rings is 1. The summed E-state index contributed by atoms with van der Waals surface area (Å²) in [6.07, 6.45) is 5.26. The smallest absolute Gasteiger partial charge is 0.218 e. The van der Waals surface area contributed by atoms with Gasteiger partial charge in [0.2, 0.25) is 15.9 Å². The Morgan fingerprint density at radius 2 is 1.84 bits per heavy atom. The van der Waals surface area contributed by atoms with Crippen LogP contribution in [0.3, 0.4) is 0 Å². The molecule has 164 valence electrons. The van der Waals surface area contributed by atoms with Crippen molar-refractivity contribution in [3.05, 3.63) is 65.3 Å². The SMILES string of the molecule is CNS(=O)(=O)Cc1nnc(C2CCC(Oc3ccccn3)CC2)n1-c1ccc(Cl)cc1. The van der Waals surface area contributed by atoms with Crippen molar-refractivity contribution in [1.29, 1.82) is 0 Å². The Bertz CT molecular complexity index is 1110. The van der Waals surface area contributed by atoms with Gasteiger partial charge in [-0.1, -0.05) is 17.7 Å². The minimum absolute atomic E-state index is 0.0993. The number of hydrogen-bond donors (Lipinski definition) is 1. The van der Waals surface area contributed by atoms with E-state index in [0.29, 0.717) is 16.7 Å². The van der Waals surface area contributed by atoms with Gasteiger partial charge in [0, 0.05) is 28.9 Å². The van der Waals surface area contributed by atoms with Crippen LogP contribution in [-0.2, 0) is 15.8 Å². The summed E-state index contributed by atoms with van der Waals surface area (Å²) in [7, 11) is -2.11. The molecule has 1 aromatic carbocycles. The third-order valence-electron chi connectivity index (χ3n) is 5.43. The summed E-state index contributed by atoms with van der Waals surface area (Å²) in [5.41, 5.74) is 0.789. The van der Waals surface area contributed by atoms with E-state index in [1.54, 1.807) is 18.3 Å². The van der Waals surface area contributed by atoms with Gasteiger partial charge in [0.05, 0.1) is 0 Å². The molecule has 10 heteroatoms. The zero-order valence-electron chi connectivity index (χ0n) is 17.1. The molecule has 2 heterocycles. The highest BCUT2D eigenvalue weighted by molar-refractivity contribution is 7.88. The van der Waals surface area contributed by atoms with Gasteiger partial charge in [-0.2, -0.15) is 0 Å². The lowest BCUT2D eigenvalue weighted by molar-refractivity contribution is 0.139. The van der Waals surface area contributed by atoms with E-state index in [2.05, 4.69) is 19.9 Å². The molecule has 0 amide bonds. The predicted molar refractivity (Wildman–Crippen MR) is 118 cm³/mol. The number of pyridine rings is 1. The van der Waals surface area contributed by atoms with E-state index in [1.807, 2.05) is 34.9 Å². The highest BCUT2D eigenvalue weighted by atomic mass is 35.5. The molecule has 4 rings (SSSR count). The van der Waals surface area contributed by atoms with Crippen molar-refractivity contribution >= 4 is 21.6 Å². The van der Waals surface area contributed by atoms with Crippen LogP contribution in [-0.4, -0.2) is 41.3 Å². The zero-order valence-corrected chi connectivity index (χ0v) is 18.7. The van der Waals surface area contributed by atoms with E-state index < -0.39 is 10.0 Å². The van der Waals surface area contributed by atoms with Crippen molar-refractivity contribution in [2.24, 2.45) is 0 Å². The summed E-state index contributed by atoms with van der Waals surface area (Å²) in [6.45, 7) is 0. The van der Waals surface area contributed by atoms with E-state index in [-0.39, 0.29) is 17.8 Å². The largest absolute Gasteiger partial charge is 0.474 e. The normalized spacial score (nSPS) is 19.3. The standard InChI is InChI=1S/C21H24ClN5O3S/c1-23-31(28,29)14-19-25-26-21(27(19)17-9-7-16(22)8-10-17)15-5-11-18(12-6-15)30-20-4-2-3-13-24-20/h2-4,7-10,13,15,18,23H,5-6,11-12,14H2,1H3. The van der Waals surface area contributed by atoms with Crippen LogP contribution < -0.4 is 9.46 Å². The van der Waals surface area contributed by atoms with Gasteiger partial charge in [0.25, 0.3) is 0 Å². The van der Waals surface area contributed by atoms with Crippen molar-refractivity contribution in [2.45, 2.75) is 43.5 Å². The molecule has 1 aliphatic rings. The summed E-state index contributed by atoms with van der Waals surface area (Å²) in [5.74, 6) is 1.67. The Kier molecular flexibility index (Phi) is 6.54. The number of halogens is 1. The monoisotopic (exact) mass is 461 g/mol. The fraction of sp³-hybridized carbons (Fsp3) is 0.381. The molecule has 0 bridgehead atoms. The van der Waals surface area contributed by atoms with Crippen LogP contribution in [0.5, 0.6) is 5.88 Å². The summed E-state index contributed by atoms with van der Waals surface area (Å²) in [6, 6.07) is 12.9. The Morgan fingerprint density at radius 3 is 2.48 bits per heavy atom. The molecule has 1 aliphatic carbocycles. The first-order valence-electron chi connectivity index (χ1n) is 10.1. The average molecular weight is 462 g/mol. The van der Waals surface area contributed by atoms with Gasteiger partial charge >= 0.3 is 0 Å². The van der Waals surface area contributed by atoms with Gasteiger partial charge in [-0.3, -0.25) is 4.57 Å². The Morgan fingerprint density at radius 1 is 1.10 bits per heavy atom. The fourth-order valence-corrected chi connectivity index (χ4v) is 4.63. The molecule has 0 spiro atoms. The first kappa shape index (κ1) is 21.7. The van der Waals surface area contributed by atoms with E-state index in [4.69, 9.17) is 16.3 Å². The van der Waals surface area contributed by atoms with Gasteiger partial charge in [0.15, 0.2) is 5.82 Å². The molecule has 1 saturated carbocycles. The maximum absolute atomic E-state index is 12.2. The maximum atomic E-state index is 12.2. The van der Waals surface area contributed by atoms with E-state index >= 15 is 0 Å². The number of nitrogens with zero attached hydrogens (tertiary/aromatic N) is 4. The van der Waals surface area contributed by atoms with Crippen molar-refractivity contribution in [3.8, 4) is 11.6 Å². The Labute approximate surface area is 186 Å². The fourth-order valence-electron chi connectivity index (χ4n) is 3.83. The number of ether oxygens (including phenoxy) is 1. The van der Waals surface area contributed by atoms with E-state index in [1.165, 1.54) is 7.05 Å². The lowest BCUT2D eigenvalue weighted by Crippen LogP contribution is -2.25. The van der Waals surface area contributed by atoms with Gasteiger partial charge < -0.3 is 4.74 Å². The van der Waals surface area contributed by atoms with Gasteiger partial charge in [0.1, 0.15) is 17.7 Å². The minimum atomic E-state index is -3.50. The molecule has 1 N–H and O–H groups in total. The number of nitrogens with one attached hydrogen (secondary N) is 1. The topological polar surface area (TPSA) is 99.0 Å². The summed E-state index contributed by atoms with van der Waals surface area (Å²) in [4.78, 5) is 4.23. The van der Waals surface area contributed by atoms with Crippen molar-refractivity contribution in [1.82, 2.24) is 24.5 Å². The number of aromatic nitrogens is 4. The van der Waals surface area contributed by atoms with Gasteiger partial charge in [-0.15, -0.1) is 10.2 Å². The highest BCUT2D eigenvalue weighted by Gasteiger charge is 2.29. The van der Waals surface area contributed by atoms with Crippen molar-refractivity contribution < 1.29 is 13.2 Å². The van der Waals surface area contributed by atoms with Crippen molar-refractivity contribution in [3.63, 3.8) is 0 Å². The third-order valence-corrected chi connectivity index (χ3v) is 6.95. The van der Waals surface area contributed by atoms with Crippen molar-refractivity contribution in [2.75, 3.05) is 7.05 Å². The Hall–Kier alpha value is -2.49. The maximum Gasteiger partial charge on any atom is 0.218 e. The molecular weight excluding hydrogens is 438 g/mol. The predicted octanol–water partition coefficient (Wildman–Crippen LogP) is 3.47. The minimum Gasteiger partial charge on any atom is -0.474 e.